The maximum atomic E-state index is 5.83. The zero-order valence-electron chi connectivity index (χ0n) is 10.00. The number of rotatable bonds is 4. The van der Waals surface area contributed by atoms with E-state index in [1.54, 1.807) is 0 Å². The van der Waals surface area contributed by atoms with Crippen LogP contribution in [0.25, 0.3) is 0 Å². The first kappa shape index (κ1) is 12.0. The molecule has 0 amide bonds. The number of nitrogens with two attached hydrogens (primary N) is 1. The Hall–Kier alpha value is -0.0800. The van der Waals surface area contributed by atoms with Crippen molar-refractivity contribution in [2.24, 2.45) is 11.7 Å². The predicted octanol–water partition coefficient (Wildman–Crippen LogP) is 2.23. The summed E-state index contributed by atoms with van der Waals surface area (Å²) >= 11 is 0. The Morgan fingerprint density at radius 3 is 2.29 bits per heavy atom. The van der Waals surface area contributed by atoms with Gasteiger partial charge in [-0.2, -0.15) is 0 Å². The lowest BCUT2D eigenvalue weighted by Gasteiger charge is -2.36. The summed E-state index contributed by atoms with van der Waals surface area (Å²) in [4.78, 5) is 2.61. The minimum absolute atomic E-state index is 0.342. The van der Waals surface area contributed by atoms with Crippen LogP contribution in [0.4, 0.5) is 0 Å². The molecule has 1 aliphatic rings. The van der Waals surface area contributed by atoms with Gasteiger partial charge in [-0.3, -0.25) is 0 Å². The summed E-state index contributed by atoms with van der Waals surface area (Å²) in [6, 6.07) is 1.02. The molecule has 0 bridgehead atoms. The van der Waals surface area contributed by atoms with Crippen LogP contribution < -0.4 is 5.73 Å². The quantitative estimate of drug-likeness (QED) is 0.750. The molecule has 1 rings (SSSR count). The Morgan fingerprint density at radius 2 is 1.86 bits per heavy atom. The molecule has 2 heteroatoms. The molecule has 84 valence electrons. The second-order valence-electron chi connectivity index (χ2n) is 4.95. The van der Waals surface area contributed by atoms with E-state index < -0.39 is 0 Å². The maximum absolute atomic E-state index is 5.83. The molecule has 0 radical (unpaired) electrons. The average Bonchev–Trinajstić information content (AvgIpc) is 2.17. The standard InChI is InChI=1S/C12H26N2/c1-4-12-5-7-14(8-6-12)11(3)9-10(2)13/h10-12H,4-9,13H2,1-3H3. The van der Waals surface area contributed by atoms with Gasteiger partial charge in [-0.25, -0.2) is 0 Å². The molecule has 0 aliphatic carbocycles. The summed E-state index contributed by atoms with van der Waals surface area (Å²) in [5, 5.41) is 0. The summed E-state index contributed by atoms with van der Waals surface area (Å²) in [5.41, 5.74) is 5.83. The van der Waals surface area contributed by atoms with Crippen LogP contribution in [-0.2, 0) is 0 Å². The molecule has 2 nitrogen and oxygen atoms in total. The van der Waals surface area contributed by atoms with Crippen molar-refractivity contribution in [1.82, 2.24) is 4.90 Å². The Bertz CT molecular complexity index is 148. The number of hydrogen-bond acceptors (Lipinski definition) is 2. The van der Waals surface area contributed by atoms with E-state index in [1.165, 1.54) is 32.4 Å². The third-order valence-electron chi connectivity index (χ3n) is 3.56. The van der Waals surface area contributed by atoms with Gasteiger partial charge < -0.3 is 10.6 Å². The van der Waals surface area contributed by atoms with Crippen LogP contribution in [0.3, 0.4) is 0 Å². The summed E-state index contributed by atoms with van der Waals surface area (Å²) in [6.07, 6.45) is 5.27. The van der Waals surface area contributed by atoms with E-state index >= 15 is 0 Å². The molecule has 2 unspecified atom stereocenters. The molecular weight excluding hydrogens is 172 g/mol. The van der Waals surface area contributed by atoms with Crippen LogP contribution in [0.5, 0.6) is 0 Å². The largest absolute Gasteiger partial charge is 0.328 e. The lowest BCUT2D eigenvalue weighted by atomic mass is 9.93. The Balaban J connectivity index is 2.26. The van der Waals surface area contributed by atoms with Crippen molar-refractivity contribution >= 4 is 0 Å². The first-order valence-corrected chi connectivity index (χ1v) is 6.13. The van der Waals surface area contributed by atoms with Crippen LogP contribution in [0, 0.1) is 5.92 Å². The van der Waals surface area contributed by atoms with Gasteiger partial charge >= 0.3 is 0 Å². The third-order valence-corrected chi connectivity index (χ3v) is 3.56. The van der Waals surface area contributed by atoms with Crippen LogP contribution in [-0.4, -0.2) is 30.1 Å². The molecule has 0 aromatic carbocycles. The number of piperidine rings is 1. The summed E-state index contributed by atoms with van der Waals surface area (Å²) in [5.74, 6) is 0.980. The third kappa shape index (κ3) is 3.58. The predicted molar refractivity (Wildman–Crippen MR) is 62.3 cm³/mol. The SMILES string of the molecule is CCC1CCN(C(C)CC(C)N)CC1. The van der Waals surface area contributed by atoms with Crippen LogP contribution in [0.15, 0.2) is 0 Å². The van der Waals surface area contributed by atoms with E-state index in [1.807, 2.05) is 0 Å². The van der Waals surface area contributed by atoms with Crippen molar-refractivity contribution in [3.8, 4) is 0 Å². The fourth-order valence-corrected chi connectivity index (χ4v) is 2.49. The number of likely N-dealkylation sites (tertiary alicyclic amines) is 1. The molecule has 1 heterocycles. The van der Waals surface area contributed by atoms with Gasteiger partial charge in [-0.15, -0.1) is 0 Å². The molecule has 1 aliphatic heterocycles. The van der Waals surface area contributed by atoms with Crippen LogP contribution in [0.1, 0.15) is 46.5 Å². The lowest BCUT2D eigenvalue weighted by Crippen LogP contribution is -2.42. The zero-order valence-corrected chi connectivity index (χ0v) is 10.00. The molecule has 0 aromatic heterocycles. The van der Waals surface area contributed by atoms with Gasteiger partial charge in [0.2, 0.25) is 0 Å². The van der Waals surface area contributed by atoms with E-state index in [2.05, 4.69) is 25.7 Å². The highest BCUT2D eigenvalue weighted by atomic mass is 15.2. The monoisotopic (exact) mass is 198 g/mol. The van der Waals surface area contributed by atoms with Crippen molar-refractivity contribution in [3.05, 3.63) is 0 Å². The van der Waals surface area contributed by atoms with E-state index in [0.717, 1.165) is 12.3 Å². The fraction of sp³-hybridized carbons (Fsp3) is 1.00. The van der Waals surface area contributed by atoms with Crippen LogP contribution >= 0.6 is 0 Å². The molecular formula is C12H26N2. The van der Waals surface area contributed by atoms with Gasteiger partial charge in [0.1, 0.15) is 0 Å². The van der Waals surface area contributed by atoms with Gasteiger partial charge in [0.25, 0.3) is 0 Å². The molecule has 2 N–H and O–H groups in total. The first-order valence-electron chi connectivity index (χ1n) is 6.13. The zero-order chi connectivity index (χ0) is 10.6. The van der Waals surface area contributed by atoms with Gasteiger partial charge in [0, 0.05) is 12.1 Å². The molecule has 0 spiro atoms. The molecule has 1 fully saturated rings. The minimum atomic E-state index is 0.342. The molecule has 0 aromatic rings. The highest BCUT2D eigenvalue weighted by Gasteiger charge is 2.21. The smallest absolute Gasteiger partial charge is 0.00815 e. The van der Waals surface area contributed by atoms with Crippen molar-refractivity contribution < 1.29 is 0 Å². The van der Waals surface area contributed by atoms with E-state index in [0.29, 0.717) is 12.1 Å². The molecule has 14 heavy (non-hydrogen) atoms. The summed E-state index contributed by atoms with van der Waals surface area (Å²) in [7, 11) is 0. The van der Waals surface area contributed by atoms with Gasteiger partial charge in [-0.1, -0.05) is 13.3 Å². The average molecular weight is 198 g/mol. The van der Waals surface area contributed by atoms with Gasteiger partial charge in [-0.05, 0) is 52.1 Å². The second kappa shape index (κ2) is 5.72. The molecule has 1 saturated heterocycles. The summed E-state index contributed by atoms with van der Waals surface area (Å²) < 4.78 is 0. The summed E-state index contributed by atoms with van der Waals surface area (Å²) in [6.45, 7) is 9.30. The number of hydrogen-bond donors (Lipinski definition) is 1. The highest BCUT2D eigenvalue weighted by molar-refractivity contribution is 4.77. The van der Waals surface area contributed by atoms with Crippen molar-refractivity contribution in [3.63, 3.8) is 0 Å². The Kier molecular flexibility index (Phi) is 4.90. The number of nitrogens with zero attached hydrogens (tertiary/aromatic N) is 1. The second-order valence-corrected chi connectivity index (χ2v) is 4.95. The first-order chi connectivity index (χ1) is 6.63. The maximum Gasteiger partial charge on any atom is 0.00815 e. The van der Waals surface area contributed by atoms with E-state index in [-0.39, 0.29) is 0 Å². The van der Waals surface area contributed by atoms with Gasteiger partial charge in [0.05, 0.1) is 0 Å². The highest BCUT2D eigenvalue weighted by Crippen LogP contribution is 2.22. The fourth-order valence-electron chi connectivity index (χ4n) is 2.49. The van der Waals surface area contributed by atoms with Crippen molar-refractivity contribution in [2.75, 3.05) is 13.1 Å². The molecule has 2 atom stereocenters. The normalized spacial score (nSPS) is 24.9. The van der Waals surface area contributed by atoms with E-state index in [4.69, 9.17) is 5.73 Å². The van der Waals surface area contributed by atoms with Crippen molar-refractivity contribution in [1.29, 1.82) is 0 Å². The van der Waals surface area contributed by atoms with Crippen LogP contribution in [0.2, 0.25) is 0 Å². The Labute approximate surface area is 88.8 Å². The minimum Gasteiger partial charge on any atom is -0.328 e. The topological polar surface area (TPSA) is 29.3 Å². The van der Waals surface area contributed by atoms with Gasteiger partial charge in [0.15, 0.2) is 0 Å². The Morgan fingerprint density at radius 1 is 1.29 bits per heavy atom. The lowest BCUT2D eigenvalue weighted by molar-refractivity contribution is 0.130. The molecule has 0 saturated carbocycles. The van der Waals surface area contributed by atoms with E-state index in [9.17, 15) is 0 Å². The van der Waals surface area contributed by atoms with Crippen molar-refractivity contribution in [2.45, 2.75) is 58.5 Å².